The number of imidazole rings is 2. The number of aromatic nitrogens is 6. The summed E-state index contributed by atoms with van der Waals surface area (Å²) in [5.74, 6) is 0.868. The van der Waals surface area contributed by atoms with Crippen molar-refractivity contribution in [1.82, 2.24) is 27.9 Å². The standard InChI is InChI=1S/C41H24N6O3/c48-37(25-17-21-27(22-18-25)44-33-13-5-7-15-35(33)46-38(49)29-9-1-3-11-31(29)42-40(44)46)26-19-23-28(24-20-26)45-34-14-6-8-16-36(34)47-39(50)30-10-2-4-12-32(30)43-41(45)47/h1-24H. The van der Waals surface area contributed by atoms with Crippen LogP contribution in [0.5, 0.6) is 0 Å². The third-order valence-electron chi connectivity index (χ3n) is 9.42. The van der Waals surface area contributed by atoms with E-state index in [-0.39, 0.29) is 16.9 Å². The van der Waals surface area contributed by atoms with E-state index in [0.29, 0.717) is 44.5 Å². The number of benzene rings is 6. The van der Waals surface area contributed by atoms with E-state index >= 15 is 0 Å². The molecule has 0 saturated carbocycles. The summed E-state index contributed by atoms with van der Waals surface area (Å²) in [5.41, 5.74) is 6.74. The van der Waals surface area contributed by atoms with Crippen LogP contribution in [0.15, 0.2) is 155 Å². The fourth-order valence-corrected chi connectivity index (χ4v) is 7.08. The Balaban J connectivity index is 1.04. The fourth-order valence-electron chi connectivity index (χ4n) is 7.08. The molecule has 9 nitrogen and oxygen atoms in total. The Morgan fingerprint density at radius 3 is 1.20 bits per heavy atom. The SMILES string of the molecule is O=C(c1ccc(-n2c3ccccc3n3c(=O)c4ccccc4nc23)cc1)c1ccc(-n2c3ccccc3n3c(=O)c4ccccc4nc23)cc1. The minimum Gasteiger partial charge on any atom is -0.289 e. The van der Waals surface area contributed by atoms with E-state index in [2.05, 4.69) is 0 Å². The molecule has 10 rings (SSSR count). The maximum Gasteiger partial charge on any atom is 0.267 e. The number of hydrogen-bond donors (Lipinski definition) is 0. The molecule has 0 bridgehead atoms. The van der Waals surface area contributed by atoms with Gasteiger partial charge in [0.05, 0.1) is 43.9 Å². The fraction of sp³-hybridized carbons (Fsp3) is 0. The Morgan fingerprint density at radius 2 is 0.780 bits per heavy atom. The summed E-state index contributed by atoms with van der Waals surface area (Å²) >= 11 is 0. The lowest BCUT2D eigenvalue weighted by atomic mass is 10.0. The zero-order valence-corrected chi connectivity index (χ0v) is 26.3. The van der Waals surface area contributed by atoms with Gasteiger partial charge in [0, 0.05) is 22.5 Å². The van der Waals surface area contributed by atoms with Gasteiger partial charge in [0.25, 0.3) is 11.1 Å². The predicted octanol–water partition coefficient (Wildman–Crippen LogP) is 7.13. The van der Waals surface area contributed by atoms with Gasteiger partial charge in [0.1, 0.15) is 0 Å². The Hall–Kier alpha value is -7.13. The van der Waals surface area contributed by atoms with Crippen molar-refractivity contribution in [2.24, 2.45) is 0 Å². The number of para-hydroxylation sites is 6. The molecule has 0 N–H and O–H groups in total. The van der Waals surface area contributed by atoms with Crippen LogP contribution in [0.1, 0.15) is 15.9 Å². The van der Waals surface area contributed by atoms with Gasteiger partial charge in [-0.15, -0.1) is 0 Å². The van der Waals surface area contributed by atoms with Crippen LogP contribution in [0.2, 0.25) is 0 Å². The largest absolute Gasteiger partial charge is 0.289 e. The minimum absolute atomic E-state index is 0.131. The molecular weight excluding hydrogens is 624 g/mol. The molecule has 0 spiro atoms. The number of ketones is 1. The highest BCUT2D eigenvalue weighted by Gasteiger charge is 2.19. The monoisotopic (exact) mass is 648 g/mol. The number of fused-ring (bicyclic) bond motifs is 8. The number of nitrogens with zero attached hydrogens (tertiary/aromatic N) is 6. The number of carbonyl (C=O) groups is 1. The number of carbonyl (C=O) groups excluding carboxylic acids is 1. The van der Waals surface area contributed by atoms with E-state index in [1.807, 2.05) is 118 Å². The second-order valence-electron chi connectivity index (χ2n) is 12.2. The highest BCUT2D eigenvalue weighted by molar-refractivity contribution is 6.09. The topological polar surface area (TPSA) is 95.7 Å². The Labute approximate surface area is 282 Å². The first kappa shape index (κ1) is 27.9. The first-order valence-electron chi connectivity index (χ1n) is 16.1. The lowest BCUT2D eigenvalue weighted by Gasteiger charge is -2.09. The van der Waals surface area contributed by atoms with Crippen LogP contribution in [-0.2, 0) is 0 Å². The van der Waals surface area contributed by atoms with Gasteiger partial charge in [-0.3, -0.25) is 23.5 Å². The van der Waals surface area contributed by atoms with Crippen molar-refractivity contribution in [2.75, 3.05) is 0 Å². The first-order valence-corrected chi connectivity index (χ1v) is 16.1. The molecule has 0 aliphatic carbocycles. The zero-order valence-electron chi connectivity index (χ0n) is 26.3. The maximum atomic E-state index is 13.7. The molecule has 0 aliphatic heterocycles. The molecule has 0 atom stereocenters. The summed E-state index contributed by atoms with van der Waals surface area (Å²) < 4.78 is 7.18. The average molecular weight is 649 g/mol. The summed E-state index contributed by atoms with van der Waals surface area (Å²) in [7, 11) is 0. The highest BCUT2D eigenvalue weighted by Crippen LogP contribution is 2.27. The van der Waals surface area contributed by atoms with Gasteiger partial charge in [-0.1, -0.05) is 48.5 Å². The van der Waals surface area contributed by atoms with Crippen LogP contribution in [0, 0.1) is 0 Å². The molecule has 0 fully saturated rings. The van der Waals surface area contributed by atoms with Crippen LogP contribution < -0.4 is 11.1 Å². The molecule has 10 aromatic rings. The highest BCUT2D eigenvalue weighted by atomic mass is 16.1. The van der Waals surface area contributed by atoms with E-state index in [0.717, 1.165) is 33.4 Å². The molecule has 0 aliphatic rings. The molecular formula is C41H24N6O3. The lowest BCUT2D eigenvalue weighted by Crippen LogP contribution is -2.15. The van der Waals surface area contributed by atoms with Crippen molar-refractivity contribution < 1.29 is 4.79 Å². The van der Waals surface area contributed by atoms with E-state index < -0.39 is 0 Å². The van der Waals surface area contributed by atoms with Crippen molar-refractivity contribution in [3.05, 3.63) is 177 Å². The van der Waals surface area contributed by atoms with Gasteiger partial charge in [-0.25, -0.2) is 18.8 Å². The summed E-state index contributed by atoms with van der Waals surface area (Å²) in [4.78, 5) is 50.7. The molecule has 0 radical (unpaired) electrons. The molecule has 9 heteroatoms. The van der Waals surface area contributed by atoms with Crippen molar-refractivity contribution in [1.29, 1.82) is 0 Å². The first-order chi connectivity index (χ1) is 24.6. The van der Waals surface area contributed by atoms with Gasteiger partial charge in [-0.2, -0.15) is 0 Å². The van der Waals surface area contributed by atoms with Crippen LogP contribution in [0.4, 0.5) is 0 Å². The Morgan fingerprint density at radius 1 is 0.420 bits per heavy atom. The predicted molar refractivity (Wildman–Crippen MR) is 195 cm³/mol. The van der Waals surface area contributed by atoms with Crippen LogP contribution in [0.25, 0.3) is 66.8 Å². The van der Waals surface area contributed by atoms with E-state index in [1.165, 1.54) is 0 Å². The van der Waals surface area contributed by atoms with Gasteiger partial charge >= 0.3 is 0 Å². The van der Waals surface area contributed by atoms with Crippen molar-refractivity contribution in [3.63, 3.8) is 0 Å². The Bertz CT molecular complexity index is 2940. The molecule has 0 saturated heterocycles. The molecule has 6 aromatic carbocycles. The van der Waals surface area contributed by atoms with Gasteiger partial charge in [0.15, 0.2) is 5.78 Å². The van der Waals surface area contributed by atoms with Crippen molar-refractivity contribution >= 4 is 61.2 Å². The summed E-state index contributed by atoms with van der Waals surface area (Å²) in [6.07, 6.45) is 0. The molecule has 4 aromatic heterocycles. The smallest absolute Gasteiger partial charge is 0.267 e. The molecule has 0 unspecified atom stereocenters. The second kappa shape index (κ2) is 10.4. The molecule has 50 heavy (non-hydrogen) atoms. The van der Waals surface area contributed by atoms with Crippen LogP contribution >= 0.6 is 0 Å². The van der Waals surface area contributed by atoms with Gasteiger partial charge in [0.2, 0.25) is 11.6 Å². The summed E-state index contributed by atoms with van der Waals surface area (Å²) in [6.45, 7) is 0. The van der Waals surface area contributed by atoms with Gasteiger partial charge < -0.3 is 0 Å². The van der Waals surface area contributed by atoms with Crippen molar-refractivity contribution in [3.8, 4) is 11.4 Å². The van der Waals surface area contributed by atoms with E-state index in [1.54, 1.807) is 45.2 Å². The molecule has 0 amide bonds. The van der Waals surface area contributed by atoms with Gasteiger partial charge in [-0.05, 0) is 97.1 Å². The quantitative estimate of drug-likeness (QED) is 0.189. The normalized spacial score (nSPS) is 11.8. The Kier molecular flexibility index (Phi) is 5.83. The molecule has 236 valence electrons. The summed E-state index contributed by atoms with van der Waals surface area (Å²) in [6, 6.07) is 44.8. The average Bonchev–Trinajstić information content (AvgIpc) is 3.68. The second-order valence-corrected chi connectivity index (χ2v) is 12.2. The molecule has 4 heterocycles. The summed E-state index contributed by atoms with van der Waals surface area (Å²) in [5, 5.41) is 1.10. The number of rotatable bonds is 4. The zero-order chi connectivity index (χ0) is 33.5. The third-order valence-corrected chi connectivity index (χ3v) is 9.42. The van der Waals surface area contributed by atoms with Crippen LogP contribution in [-0.4, -0.2) is 33.7 Å². The van der Waals surface area contributed by atoms with E-state index in [9.17, 15) is 14.4 Å². The maximum absolute atomic E-state index is 13.7. The lowest BCUT2D eigenvalue weighted by molar-refractivity contribution is 0.103. The van der Waals surface area contributed by atoms with Crippen molar-refractivity contribution in [2.45, 2.75) is 0 Å². The minimum atomic E-state index is -0.132. The third kappa shape index (κ3) is 3.91. The van der Waals surface area contributed by atoms with E-state index in [4.69, 9.17) is 9.97 Å². The van der Waals surface area contributed by atoms with Crippen LogP contribution in [0.3, 0.4) is 0 Å². The number of hydrogen-bond acceptors (Lipinski definition) is 5.